The number of nitro benzene ring substituents is 1. The van der Waals surface area contributed by atoms with E-state index < -0.39 is 4.92 Å². The summed E-state index contributed by atoms with van der Waals surface area (Å²) in [5.74, 6) is 0.720. The maximum atomic E-state index is 10.8. The molecule has 0 aliphatic carbocycles. The van der Waals surface area contributed by atoms with Crippen LogP contribution < -0.4 is 5.32 Å². The molecule has 9 nitrogen and oxygen atoms in total. The summed E-state index contributed by atoms with van der Waals surface area (Å²) in [4.78, 5) is 19.0. The first-order chi connectivity index (χ1) is 15.2. The molecule has 2 aromatic heterocycles. The Morgan fingerprint density at radius 2 is 1.77 bits per heavy atom. The Morgan fingerprint density at radius 3 is 2.61 bits per heavy atom. The first kappa shape index (κ1) is 18.4. The number of rotatable bonds is 5. The van der Waals surface area contributed by atoms with Gasteiger partial charge in [0.2, 0.25) is 0 Å². The molecule has 0 amide bonds. The van der Waals surface area contributed by atoms with Crippen molar-refractivity contribution in [3.63, 3.8) is 0 Å². The highest BCUT2D eigenvalue weighted by atomic mass is 16.6. The monoisotopic (exact) mass is 409 g/mol. The third kappa shape index (κ3) is 3.67. The van der Waals surface area contributed by atoms with Gasteiger partial charge in [0, 0.05) is 28.8 Å². The maximum Gasteiger partial charge on any atom is 0.269 e. The van der Waals surface area contributed by atoms with Crippen LogP contribution in [0.25, 0.3) is 27.8 Å². The number of benzene rings is 3. The van der Waals surface area contributed by atoms with Gasteiger partial charge in [-0.15, -0.1) is 5.10 Å². The van der Waals surface area contributed by atoms with Crippen molar-refractivity contribution in [3.8, 4) is 16.9 Å². The molecule has 0 radical (unpaired) electrons. The van der Waals surface area contributed by atoms with Crippen LogP contribution in [0.5, 0.6) is 0 Å². The minimum absolute atomic E-state index is 0.0279. The zero-order valence-corrected chi connectivity index (χ0v) is 16.1. The fourth-order valence-electron chi connectivity index (χ4n) is 3.25. The van der Waals surface area contributed by atoms with Gasteiger partial charge < -0.3 is 5.32 Å². The molecule has 0 bridgehead atoms. The average Bonchev–Trinajstić information content (AvgIpc) is 3.30. The zero-order chi connectivity index (χ0) is 21.2. The Balaban J connectivity index is 1.42. The van der Waals surface area contributed by atoms with Crippen LogP contribution in [0.4, 0.5) is 17.2 Å². The van der Waals surface area contributed by atoms with Gasteiger partial charge in [0.1, 0.15) is 17.8 Å². The molecule has 0 saturated heterocycles. The number of aromatic nitrogens is 5. The minimum atomic E-state index is -0.435. The van der Waals surface area contributed by atoms with Gasteiger partial charge in [-0.1, -0.05) is 29.5 Å². The van der Waals surface area contributed by atoms with Crippen LogP contribution in [0.1, 0.15) is 0 Å². The van der Waals surface area contributed by atoms with Gasteiger partial charge >= 0.3 is 0 Å². The summed E-state index contributed by atoms with van der Waals surface area (Å²) in [6, 6.07) is 21.7. The van der Waals surface area contributed by atoms with Crippen molar-refractivity contribution in [2.75, 3.05) is 5.32 Å². The van der Waals surface area contributed by atoms with Crippen molar-refractivity contribution in [3.05, 3.63) is 95.4 Å². The fraction of sp³-hybridized carbons (Fsp3) is 0. The Kier molecular flexibility index (Phi) is 4.53. The third-order valence-electron chi connectivity index (χ3n) is 4.78. The van der Waals surface area contributed by atoms with Gasteiger partial charge in [0.25, 0.3) is 5.69 Å². The lowest BCUT2D eigenvalue weighted by molar-refractivity contribution is -0.384. The van der Waals surface area contributed by atoms with Crippen LogP contribution in [0, 0.1) is 10.1 Å². The summed E-state index contributed by atoms with van der Waals surface area (Å²) in [5, 5.41) is 23.5. The lowest BCUT2D eigenvalue weighted by Crippen LogP contribution is -1.96. The highest BCUT2D eigenvalue weighted by Gasteiger charge is 2.10. The molecule has 150 valence electrons. The van der Waals surface area contributed by atoms with E-state index in [1.165, 1.54) is 18.5 Å². The fourth-order valence-corrected chi connectivity index (χ4v) is 3.25. The average molecular weight is 409 g/mol. The van der Waals surface area contributed by atoms with Gasteiger partial charge in [-0.3, -0.25) is 10.1 Å². The number of hydrogen-bond donors (Lipinski definition) is 1. The SMILES string of the molecule is O=[N+]([O-])c1ccc(-n2cc(-c3cccc(Nc4ncnc5ccccc45)c3)nn2)cc1. The normalized spacial score (nSPS) is 10.8. The molecule has 9 heteroatoms. The second-order valence-electron chi connectivity index (χ2n) is 6.77. The van der Waals surface area contributed by atoms with Crippen LogP contribution in [0.3, 0.4) is 0 Å². The van der Waals surface area contributed by atoms with Gasteiger partial charge in [0.05, 0.1) is 22.3 Å². The number of non-ortho nitro benzene ring substituents is 1. The quantitative estimate of drug-likeness (QED) is 0.335. The molecular formula is C22H15N7O2. The predicted molar refractivity (Wildman–Crippen MR) is 116 cm³/mol. The lowest BCUT2D eigenvalue weighted by Gasteiger charge is -2.09. The van der Waals surface area contributed by atoms with Gasteiger partial charge in [-0.2, -0.15) is 0 Å². The summed E-state index contributed by atoms with van der Waals surface area (Å²) >= 11 is 0. The Bertz CT molecular complexity index is 1390. The molecule has 5 aromatic rings. The largest absolute Gasteiger partial charge is 0.340 e. The smallest absolute Gasteiger partial charge is 0.269 e. The zero-order valence-electron chi connectivity index (χ0n) is 16.1. The van der Waals surface area contributed by atoms with Crippen LogP contribution >= 0.6 is 0 Å². The molecule has 0 saturated carbocycles. The first-order valence-electron chi connectivity index (χ1n) is 9.42. The van der Waals surface area contributed by atoms with Crippen molar-refractivity contribution >= 4 is 28.1 Å². The van der Waals surface area contributed by atoms with E-state index in [-0.39, 0.29) is 5.69 Å². The molecule has 0 unspecified atom stereocenters. The van der Waals surface area contributed by atoms with Crippen LogP contribution in [0.15, 0.2) is 85.3 Å². The van der Waals surface area contributed by atoms with Crippen molar-refractivity contribution in [2.45, 2.75) is 0 Å². The number of fused-ring (bicyclic) bond motifs is 1. The molecule has 3 aromatic carbocycles. The Morgan fingerprint density at radius 1 is 0.935 bits per heavy atom. The van der Waals surface area contributed by atoms with Crippen LogP contribution in [-0.2, 0) is 0 Å². The topological polar surface area (TPSA) is 112 Å². The van der Waals surface area contributed by atoms with E-state index >= 15 is 0 Å². The Hall–Kier alpha value is -4.66. The van der Waals surface area contributed by atoms with E-state index in [4.69, 9.17) is 0 Å². The van der Waals surface area contributed by atoms with E-state index in [9.17, 15) is 10.1 Å². The van der Waals surface area contributed by atoms with E-state index in [0.29, 0.717) is 11.4 Å². The minimum Gasteiger partial charge on any atom is -0.340 e. The first-order valence-corrected chi connectivity index (χ1v) is 9.42. The number of nitrogens with one attached hydrogen (secondary N) is 1. The molecular weight excluding hydrogens is 394 g/mol. The number of nitro groups is 1. The van der Waals surface area contributed by atoms with E-state index in [1.807, 2.05) is 48.5 Å². The molecule has 0 aliphatic heterocycles. The van der Waals surface area contributed by atoms with Crippen molar-refractivity contribution < 1.29 is 4.92 Å². The van der Waals surface area contributed by atoms with Crippen LogP contribution in [-0.4, -0.2) is 29.9 Å². The summed E-state index contributed by atoms with van der Waals surface area (Å²) in [6.07, 6.45) is 3.31. The summed E-state index contributed by atoms with van der Waals surface area (Å²) < 4.78 is 1.58. The number of anilines is 2. The molecule has 0 aliphatic rings. The van der Waals surface area contributed by atoms with Crippen molar-refractivity contribution in [1.29, 1.82) is 0 Å². The molecule has 0 fully saturated rings. The second kappa shape index (κ2) is 7.64. The molecule has 0 spiro atoms. The predicted octanol–water partition coefficient (Wildman–Crippen LogP) is 4.53. The highest BCUT2D eigenvalue weighted by Crippen LogP contribution is 2.26. The van der Waals surface area contributed by atoms with Crippen LogP contribution in [0.2, 0.25) is 0 Å². The van der Waals surface area contributed by atoms with Gasteiger partial charge in [-0.25, -0.2) is 14.6 Å². The maximum absolute atomic E-state index is 10.8. The molecule has 31 heavy (non-hydrogen) atoms. The van der Waals surface area contributed by atoms with Gasteiger partial charge in [0.15, 0.2) is 0 Å². The number of hydrogen-bond acceptors (Lipinski definition) is 7. The van der Waals surface area contributed by atoms with Gasteiger partial charge in [-0.05, 0) is 36.4 Å². The molecule has 0 atom stereocenters. The lowest BCUT2D eigenvalue weighted by atomic mass is 10.1. The van der Waals surface area contributed by atoms with E-state index in [2.05, 4.69) is 25.6 Å². The summed E-state index contributed by atoms with van der Waals surface area (Å²) in [6.45, 7) is 0. The number of nitrogens with zero attached hydrogens (tertiary/aromatic N) is 6. The van der Waals surface area contributed by atoms with E-state index in [0.717, 1.165) is 28.0 Å². The van der Waals surface area contributed by atoms with E-state index in [1.54, 1.807) is 23.0 Å². The second-order valence-corrected chi connectivity index (χ2v) is 6.77. The Labute approximate surface area is 176 Å². The summed E-state index contributed by atoms with van der Waals surface area (Å²) in [7, 11) is 0. The molecule has 1 N–H and O–H groups in total. The van der Waals surface area contributed by atoms with Crippen molar-refractivity contribution in [1.82, 2.24) is 25.0 Å². The molecule has 2 heterocycles. The highest BCUT2D eigenvalue weighted by molar-refractivity contribution is 5.90. The third-order valence-corrected chi connectivity index (χ3v) is 4.78. The molecule has 5 rings (SSSR count). The van der Waals surface area contributed by atoms with Crippen molar-refractivity contribution in [2.24, 2.45) is 0 Å². The number of para-hydroxylation sites is 1. The standard InChI is InChI=1S/C22H15N7O2/c30-29(31)18-10-8-17(9-11-18)28-13-21(26-27-28)15-4-3-5-16(12-15)25-22-19-6-1-2-7-20(19)23-14-24-22/h1-14H,(H,23,24,25). The summed E-state index contributed by atoms with van der Waals surface area (Å²) in [5.41, 5.74) is 3.98.